The Kier molecular flexibility index (Phi) is 4.09. The lowest BCUT2D eigenvalue weighted by Crippen LogP contribution is -2.03. The van der Waals surface area contributed by atoms with E-state index >= 15 is 0 Å². The Labute approximate surface area is 123 Å². The van der Waals surface area contributed by atoms with Crippen LogP contribution in [0.2, 0.25) is 5.02 Å². The maximum atomic E-state index is 11.1. The second-order valence-electron chi connectivity index (χ2n) is 4.72. The van der Waals surface area contributed by atoms with Gasteiger partial charge >= 0.3 is 5.97 Å². The summed E-state index contributed by atoms with van der Waals surface area (Å²) in [6.07, 6.45) is 2.30. The molecule has 0 bridgehead atoms. The monoisotopic (exact) mass is 289 g/mol. The van der Waals surface area contributed by atoms with E-state index in [1.54, 1.807) is 18.2 Å². The molecule has 2 aromatic rings. The molecular weight excluding hydrogens is 274 g/mol. The molecule has 3 nitrogen and oxygen atoms in total. The van der Waals surface area contributed by atoms with Crippen LogP contribution in [0.15, 0.2) is 36.4 Å². The largest absolute Gasteiger partial charge is 0.477 e. The third-order valence-corrected chi connectivity index (χ3v) is 3.53. The predicted octanol–water partition coefficient (Wildman–Crippen LogP) is 4.61. The minimum Gasteiger partial charge on any atom is -0.477 e. The fourth-order valence-electron chi connectivity index (χ4n) is 2.15. The Morgan fingerprint density at radius 1 is 1.15 bits per heavy atom. The van der Waals surface area contributed by atoms with Crippen molar-refractivity contribution in [3.05, 3.63) is 52.7 Å². The van der Waals surface area contributed by atoms with Gasteiger partial charge in [-0.05, 0) is 42.5 Å². The summed E-state index contributed by atoms with van der Waals surface area (Å²) >= 11 is 5.88. The number of hydrogen-bond donors (Lipinski definition) is 1. The number of benzene rings is 1. The maximum Gasteiger partial charge on any atom is 0.354 e. The van der Waals surface area contributed by atoms with Crippen molar-refractivity contribution < 1.29 is 9.90 Å². The van der Waals surface area contributed by atoms with Gasteiger partial charge in [-0.2, -0.15) is 0 Å². The van der Waals surface area contributed by atoms with Gasteiger partial charge in [0.2, 0.25) is 0 Å². The number of carboxylic acids is 1. The van der Waals surface area contributed by atoms with Crippen molar-refractivity contribution >= 4 is 17.6 Å². The highest BCUT2D eigenvalue weighted by Crippen LogP contribution is 2.43. The number of carbonyl (C=O) groups is 1. The molecule has 0 saturated heterocycles. The normalized spacial score (nSPS) is 13.7. The third kappa shape index (κ3) is 2.83. The molecule has 4 heteroatoms. The lowest BCUT2D eigenvalue weighted by molar-refractivity contribution is 0.0690. The van der Waals surface area contributed by atoms with Gasteiger partial charge < -0.3 is 5.11 Å². The standard InChI is InChI=1S/C15H12ClNO2.CH4/c16-11-5-3-10(4-6-11)14-12(9-1-2-9)7-8-13(17-14)15(18)19;/h3-9H,1-2H2,(H,18,19);1H4. The quantitative estimate of drug-likeness (QED) is 0.897. The Hall–Kier alpha value is -1.87. The van der Waals surface area contributed by atoms with Gasteiger partial charge in [-0.1, -0.05) is 37.2 Å². The van der Waals surface area contributed by atoms with Crippen LogP contribution in [0.3, 0.4) is 0 Å². The van der Waals surface area contributed by atoms with Crippen molar-refractivity contribution in [3.8, 4) is 11.3 Å². The van der Waals surface area contributed by atoms with E-state index < -0.39 is 5.97 Å². The number of carboxylic acid groups (broad SMARTS) is 1. The summed E-state index contributed by atoms with van der Waals surface area (Å²) in [7, 11) is 0. The molecule has 1 aromatic heterocycles. The summed E-state index contributed by atoms with van der Waals surface area (Å²) in [5.74, 6) is -0.487. The van der Waals surface area contributed by atoms with E-state index in [1.807, 2.05) is 18.2 Å². The van der Waals surface area contributed by atoms with Crippen molar-refractivity contribution in [2.45, 2.75) is 26.2 Å². The molecule has 0 aliphatic heterocycles. The fraction of sp³-hybridized carbons (Fsp3) is 0.250. The second kappa shape index (κ2) is 5.63. The highest BCUT2D eigenvalue weighted by Gasteiger charge is 2.27. The minimum absolute atomic E-state index is 0. The zero-order valence-corrected chi connectivity index (χ0v) is 10.9. The smallest absolute Gasteiger partial charge is 0.354 e. The Morgan fingerprint density at radius 2 is 1.80 bits per heavy atom. The highest BCUT2D eigenvalue weighted by atomic mass is 35.5. The van der Waals surface area contributed by atoms with Crippen LogP contribution in [0.1, 0.15) is 42.2 Å². The first-order valence-corrected chi connectivity index (χ1v) is 6.53. The van der Waals surface area contributed by atoms with Gasteiger partial charge in [0, 0.05) is 10.6 Å². The van der Waals surface area contributed by atoms with E-state index in [2.05, 4.69) is 4.98 Å². The molecule has 1 aliphatic carbocycles. The summed E-state index contributed by atoms with van der Waals surface area (Å²) in [6, 6.07) is 10.8. The van der Waals surface area contributed by atoms with Gasteiger partial charge in [0.05, 0.1) is 5.69 Å². The van der Waals surface area contributed by atoms with Gasteiger partial charge in [0.15, 0.2) is 0 Å². The summed E-state index contributed by atoms with van der Waals surface area (Å²) in [6.45, 7) is 0. The van der Waals surface area contributed by atoms with E-state index in [9.17, 15) is 4.79 Å². The second-order valence-corrected chi connectivity index (χ2v) is 5.16. The van der Waals surface area contributed by atoms with E-state index in [1.165, 1.54) is 0 Å². The molecule has 0 radical (unpaired) electrons. The number of rotatable bonds is 3. The van der Waals surface area contributed by atoms with Crippen LogP contribution in [-0.4, -0.2) is 16.1 Å². The Morgan fingerprint density at radius 3 is 2.35 bits per heavy atom. The van der Waals surface area contributed by atoms with Crippen molar-refractivity contribution in [1.29, 1.82) is 0 Å². The Bertz CT molecular complexity index is 633. The van der Waals surface area contributed by atoms with Crippen molar-refractivity contribution in [2.75, 3.05) is 0 Å². The van der Waals surface area contributed by atoms with Gasteiger partial charge in [-0.25, -0.2) is 9.78 Å². The van der Waals surface area contributed by atoms with Crippen LogP contribution < -0.4 is 0 Å². The predicted molar refractivity (Wildman–Crippen MR) is 80.3 cm³/mol. The summed E-state index contributed by atoms with van der Waals surface area (Å²) in [5.41, 5.74) is 2.88. The zero-order chi connectivity index (χ0) is 13.4. The zero-order valence-electron chi connectivity index (χ0n) is 10.1. The molecule has 0 unspecified atom stereocenters. The topological polar surface area (TPSA) is 50.2 Å². The number of aromatic carboxylic acids is 1. The molecule has 0 spiro atoms. The number of aromatic nitrogens is 1. The molecule has 3 rings (SSSR count). The van der Waals surface area contributed by atoms with Gasteiger partial charge in [0.25, 0.3) is 0 Å². The van der Waals surface area contributed by atoms with Crippen LogP contribution in [-0.2, 0) is 0 Å². The maximum absolute atomic E-state index is 11.1. The molecule has 104 valence electrons. The van der Waals surface area contributed by atoms with Crippen molar-refractivity contribution in [1.82, 2.24) is 4.98 Å². The lowest BCUT2D eigenvalue weighted by Gasteiger charge is -2.09. The van der Waals surface area contributed by atoms with Crippen molar-refractivity contribution in [3.63, 3.8) is 0 Å². The van der Waals surface area contributed by atoms with E-state index in [0.717, 1.165) is 29.7 Å². The molecular formula is C16H16ClNO2. The first kappa shape index (κ1) is 14.5. The molecule has 1 aliphatic rings. The van der Waals surface area contributed by atoms with Crippen LogP contribution in [0, 0.1) is 0 Å². The van der Waals surface area contributed by atoms with Gasteiger partial charge in [-0.15, -0.1) is 0 Å². The lowest BCUT2D eigenvalue weighted by atomic mass is 10.0. The molecule has 1 aromatic carbocycles. The van der Waals surface area contributed by atoms with Crippen molar-refractivity contribution in [2.24, 2.45) is 0 Å². The van der Waals surface area contributed by atoms with Crippen LogP contribution in [0.4, 0.5) is 0 Å². The molecule has 1 fully saturated rings. The van der Waals surface area contributed by atoms with Gasteiger partial charge in [0.1, 0.15) is 5.69 Å². The van der Waals surface area contributed by atoms with Crippen LogP contribution in [0.5, 0.6) is 0 Å². The average molecular weight is 290 g/mol. The van der Waals surface area contributed by atoms with Crippen LogP contribution >= 0.6 is 11.6 Å². The molecule has 0 atom stereocenters. The minimum atomic E-state index is -1.00. The van der Waals surface area contributed by atoms with E-state index in [-0.39, 0.29) is 13.1 Å². The SMILES string of the molecule is C.O=C(O)c1ccc(C2CC2)c(-c2ccc(Cl)cc2)n1. The molecule has 1 saturated carbocycles. The number of nitrogens with zero attached hydrogens (tertiary/aromatic N) is 1. The average Bonchev–Trinajstić information content (AvgIpc) is 3.23. The summed E-state index contributed by atoms with van der Waals surface area (Å²) in [5, 5.41) is 9.72. The molecule has 0 amide bonds. The van der Waals surface area contributed by atoms with E-state index in [4.69, 9.17) is 16.7 Å². The first-order valence-electron chi connectivity index (χ1n) is 6.15. The summed E-state index contributed by atoms with van der Waals surface area (Å²) in [4.78, 5) is 15.3. The highest BCUT2D eigenvalue weighted by molar-refractivity contribution is 6.30. The Balaban J connectivity index is 0.00000147. The van der Waals surface area contributed by atoms with Crippen LogP contribution in [0.25, 0.3) is 11.3 Å². The van der Waals surface area contributed by atoms with Gasteiger partial charge in [-0.3, -0.25) is 0 Å². The molecule has 1 heterocycles. The van der Waals surface area contributed by atoms with E-state index in [0.29, 0.717) is 10.9 Å². The fourth-order valence-corrected chi connectivity index (χ4v) is 2.28. The number of halogens is 1. The molecule has 1 N–H and O–H groups in total. The number of hydrogen-bond acceptors (Lipinski definition) is 2. The third-order valence-electron chi connectivity index (χ3n) is 3.28. The summed E-state index contributed by atoms with van der Waals surface area (Å²) < 4.78 is 0. The first-order chi connectivity index (χ1) is 9.15. The number of pyridine rings is 1. The molecule has 20 heavy (non-hydrogen) atoms.